The maximum Gasteiger partial charge on any atom is 0.165 e. The van der Waals surface area contributed by atoms with Crippen molar-refractivity contribution in [3.05, 3.63) is 88.9 Å². The molecule has 0 aliphatic heterocycles. The van der Waals surface area contributed by atoms with Crippen molar-refractivity contribution >= 4 is 34.0 Å². The van der Waals surface area contributed by atoms with Gasteiger partial charge in [0, 0.05) is 34.1 Å². The van der Waals surface area contributed by atoms with E-state index in [1.165, 1.54) is 43.1 Å². The SMILES string of the molecule is COc1cc2nc(Cc3c(F)cc(SCc4ccccc4)cc3F)c(N)c(N)c2cc1F. The van der Waals surface area contributed by atoms with Gasteiger partial charge in [0.2, 0.25) is 0 Å². The average Bonchev–Trinajstić information content (AvgIpc) is 2.79. The molecule has 0 saturated carbocycles. The topological polar surface area (TPSA) is 74.2 Å². The fourth-order valence-electron chi connectivity index (χ4n) is 3.39. The number of benzene rings is 3. The number of thioether (sulfide) groups is 1. The van der Waals surface area contributed by atoms with Crippen LogP contribution in [-0.2, 0) is 12.2 Å². The lowest BCUT2D eigenvalue weighted by molar-refractivity contribution is 0.387. The fraction of sp³-hybridized carbons (Fsp3) is 0.125. The predicted molar refractivity (Wildman–Crippen MR) is 122 cm³/mol. The first kappa shape index (κ1) is 21.8. The Bertz CT molecular complexity index is 1280. The second kappa shape index (κ2) is 9.00. The molecule has 0 saturated heterocycles. The van der Waals surface area contributed by atoms with Crippen molar-refractivity contribution < 1.29 is 17.9 Å². The van der Waals surface area contributed by atoms with Gasteiger partial charge in [0.15, 0.2) is 11.6 Å². The minimum absolute atomic E-state index is 0.0164. The minimum Gasteiger partial charge on any atom is -0.494 e. The first-order valence-electron chi connectivity index (χ1n) is 9.73. The highest BCUT2D eigenvalue weighted by Crippen LogP contribution is 2.34. The molecular weight excluding hydrogens is 435 g/mol. The van der Waals surface area contributed by atoms with Gasteiger partial charge in [0.05, 0.1) is 29.7 Å². The molecule has 164 valence electrons. The lowest BCUT2D eigenvalue weighted by atomic mass is 10.0. The smallest absolute Gasteiger partial charge is 0.165 e. The summed E-state index contributed by atoms with van der Waals surface area (Å²) in [5, 5.41) is 0.304. The number of methoxy groups -OCH3 is 1. The van der Waals surface area contributed by atoms with Crippen molar-refractivity contribution in [2.24, 2.45) is 0 Å². The average molecular weight is 456 g/mol. The van der Waals surface area contributed by atoms with Gasteiger partial charge in [-0.3, -0.25) is 4.98 Å². The Morgan fingerprint density at radius 3 is 2.25 bits per heavy atom. The van der Waals surface area contributed by atoms with Crippen LogP contribution in [0.25, 0.3) is 10.9 Å². The summed E-state index contributed by atoms with van der Waals surface area (Å²) in [6.07, 6.45) is -0.201. The second-order valence-electron chi connectivity index (χ2n) is 7.21. The Kier molecular flexibility index (Phi) is 6.14. The molecule has 4 rings (SSSR count). The van der Waals surface area contributed by atoms with Crippen LogP contribution in [0, 0.1) is 17.5 Å². The molecule has 32 heavy (non-hydrogen) atoms. The molecule has 0 fully saturated rings. The van der Waals surface area contributed by atoms with Crippen molar-refractivity contribution in [2.75, 3.05) is 18.6 Å². The molecule has 0 amide bonds. The third-order valence-electron chi connectivity index (χ3n) is 5.12. The second-order valence-corrected chi connectivity index (χ2v) is 8.26. The standard InChI is InChI=1S/C24H20F3N3OS/c1-31-22-11-20-16(9-19(22)27)23(28)24(29)21(30-20)10-15-17(25)7-14(8-18(15)26)32-12-13-5-3-2-4-6-13/h2-9,11H,10,12,29H2,1H3,(H2,28,30). The number of nitrogens with two attached hydrogens (primary N) is 2. The van der Waals surface area contributed by atoms with E-state index in [1.807, 2.05) is 30.3 Å². The van der Waals surface area contributed by atoms with Crippen molar-refractivity contribution in [3.63, 3.8) is 0 Å². The highest BCUT2D eigenvalue weighted by atomic mass is 32.2. The third-order valence-corrected chi connectivity index (χ3v) is 6.17. The van der Waals surface area contributed by atoms with E-state index >= 15 is 0 Å². The molecule has 0 atom stereocenters. The quantitative estimate of drug-likeness (QED) is 0.365. The van der Waals surface area contributed by atoms with Crippen LogP contribution in [0.15, 0.2) is 59.5 Å². The zero-order chi connectivity index (χ0) is 22.8. The molecule has 3 aromatic carbocycles. The normalized spacial score (nSPS) is 11.1. The number of nitrogen functional groups attached to an aromatic ring is 2. The number of hydrogen-bond donors (Lipinski definition) is 2. The number of rotatable bonds is 6. The van der Waals surface area contributed by atoms with Gasteiger partial charge in [-0.05, 0) is 23.8 Å². The van der Waals surface area contributed by atoms with Crippen molar-refractivity contribution in [3.8, 4) is 5.75 Å². The lowest BCUT2D eigenvalue weighted by Gasteiger charge is -2.14. The maximum absolute atomic E-state index is 14.8. The van der Waals surface area contributed by atoms with Crippen LogP contribution in [0.5, 0.6) is 5.75 Å². The van der Waals surface area contributed by atoms with Crippen molar-refractivity contribution in [1.29, 1.82) is 0 Å². The number of aromatic nitrogens is 1. The van der Waals surface area contributed by atoms with E-state index in [0.717, 1.165) is 5.56 Å². The summed E-state index contributed by atoms with van der Waals surface area (Å²) >= 11 is 1.34. The van der Waals surface area contributed by atoms with Gasteiger partial charge in [-0.15, -0.1) is 11.8 Å². The van der Waals surface area contributed by atoms with E-state index in [9.17, 15) is 13.2 Å². The number of anilines is 2. The molecule has 4 N–H and O–H groups in total. The molecule has 0 bridgehead atoms. The van der Waals surface area contributed by atoms with Gasteiger partial charge < -0.3 is 16.2 Å². The summed E-state index contributed by atoms with van der Waals surface area (Å²) < 4.78 is 48.7. The van der Waals surface area contributed by atoms with E-state index in [0.29, 0.717) is 21.6 Å². The zero-order valence-electron chi connectivity index (χ0n) is 17.2. The minimum atomic E-state index is -0.697. The fourth-order valence-corrected chi connectivity index (χ4v) is 4.29. The van der Waals surface area contributed by atoms with Crippen molar-refractivity contribution in [1.82, 2.24) is 4.98 Å². The molecule has 4 nitrogen and oxygen atoms in total. The summed E-state index contributed by atoms with van der Waals surface area (Å²) in [7, 11) is 1.33. The Balaban J connectivity index is 1.64. The molecule has 0 radical (unpaired) electrons. The summed E-state index contributed by atoms with van der Waals surface area (Å²) in [6.45, 7) is 0. The van der Waals surface area contributed by atoms with Gasteiger partial charge in [0.25, 0.3) is 0 Å². The van der Waals surface area contributed by atoms with E-state index in [4.69, 9.17) is 16.2 Å². The summed E-state index contributed by atoms with van der Waals surface area (Å²) in [4.78, 5) is 4.85. The molecule has 0 unspecified atom stereocenters. The Morgan fingerprint density at radius 2 is 1.59 bits per heavy atom. The zero-order valence-corrected chi connectivity index (χ0v) is 18.0. The third kappa shape index (κ3) is 4.31. The number of nitrogens with zero attached hydrogens (tertiary/aromatic N) is 1. The number of ether oxygens (including phenoxy) is 1. The Morgan fingerprint density at radius 1 is 0.906 bits per heavy atom. The monoisotopic (exact) mass is 455 g/mol. The van der Waals surface area contributed by atoms with Crippen LogP contribution in [0.3, 0.4) is 0 Å². The van der Waals surface area contributed by atoms with Crippen LogP contribution in [0.2, 0.25) is 0 Å². The lowest BCUT2D eigenvalue weighted by Crippen LogP contribution is -2.07. The van der Waals surface area contributed by atoms with E-state index in [2.05, 4.69) is 4.98 Å². The molecule has 0 spiro atoms. The Labute approximate surface area is 187 Å². The van der Waals surface area contributed by atoms with Gasteiger partial charge in [-0.2, -0.15) is 0 Å². The van der Waals surface area contributed by atoms with Crippen molar-refractivity contribution in [2.45, 2.75) is 17.1 Å². The number of pyridine rings is 1. The van der Waals surface area contributed by atoms with Gasteiger partial charge >= 0.3 is 0 Å². The summed E-state index contributed by atoms with van der Waals surface area (Å²) in [5.74, 6) is -1.43. The largest absolute Gasteiger partial charge is 0.494 e. The number of fused-ring (bicyclic) bond motifs is 1. The predicted octanol–water partition coefficient (Wildman–Crippen LogP) is 5.71. The van der Waals surface area contributed by atoms with Crippen LogP contribution in [-0.4, -0.2) is 12.1 Å². The van der Waals surface area contributed by atoms with Gasteiger partial charge in [-0.25, -0.2) is 13.2 Å². The first-order chi connectivity index (χ1) is 15.4. The number of hydrogen-bond acceptors (Lipinski definition) is 5. The molecular formula is C24H20F3N3OS. The van der Waals surface area contributed by atoms with E-state index < -0.39 is 17.5 Å². The molecule has 8 heteroatoms. The molecule has 1 aromatic heterocycles. The highest BCUT2D eigenvalue weighted by molar-refractivity contribution is 7.98. The van der Waals surface area contributed by atoms with E-state index in [1.54, 1.807) is 0 Å². The number of halogens is 3. The van der Waals surface area contributed by atoms with E-state index in [-0.39, 0.29) is 34.8 Å². The summed E-state index contributed by atoms with van der Waals surface area (Å²) in [5.41, 5.74) is 13.7. The van der Waals surface area contributed by atoms with Gasteiger partial charge in [-0.1, -0.05) is 30.3 Å². The molecule has 0 aliphatic carbocycles. The van der Waals surface area contributed by atoms with Crippen LogP contribution in [0.1, 0.15) is 16.8 Å². The molecule has 4 aromatic rings. The maximum atomic E-state index is 14.8. The summed E-state index contributed by atoms with van der Waals surface area (Å²) in [6, 6.07) is 14.8. The molecule has 1 heterocycles. The van der Waals surface area contributed by atoms with Gasteiger partial charge in [0.1, 0.15) is 11.6 Å². The van der Waals surface area contributed by atoms with Crippen LogP contribution >= 0.6 is 11.8 Å². The highest BCUT2D eigenvalue weighted by Gasteiger charge is 2.18. The Hall–Kier alpha value is -3.39. The van der Waals surface area contributed by atoms with Crippen LogP contribution < -0.4 is 16.2 Å². The van der Waals surface area contributed by atoms with Crippen LogP contribution in [0.4, 0.5) is 24.5 Å². The molecule has 0 aliphatic rings. The first-order valence-corrected chi connectivity index (χ1v) is 10.7.